The summed E-state index contributed by atoms with van der Waals surface area (Å²) in [6.07, 6.45) is 0.720. The number of likely N-dealkylation sites (N-methyl/N-ethyl adjacent to an activating group) is 1. The molecule has 1 aromatic carbocycles. The van der Waals surface area contributed by atoms with Crippen LogP contribution in [-0.4, -0.2) is 41.7 Å². The third-order valence-corrected chi connectivity index (χ3v) is 3.34. The molecule has 1 aliphatic rings. The van der Waals surface area contributed by atoms with Crippen molar-refractivity contribution in [3.8, 4) is 0 Å². The Bertz CT molecular complexity index is 395. The lowest BCUT2D eigenvalue weighted by molar-refractivity contribution is -0.133. The van der Waals surface area contributed by atoms with Crippen molar-refractivity contribution in [1.29, 1.82) is 0 Å². The van der Waals surface area contributed by atoms with Crippen LogP contribution in [0.1, 0.15) is 12.5 Å². The number of hydrogen-bond acceptors (Lipinski definition) is 3. The van der Waals surface area contributed by atoms with Gasteiger partial charge < -0.3 is 15.3 Å². The van der Waals surface area contributed by atoms with Gasteiger partial charge in [-0.1, -0.05) is 18.2 Å². The third kappa shape index (κ3) is 2.26. The number of anilines is 1. The number of rotatable bonds is 3. The lowest BCUT2D eigenvalue weighted by Gasteiger charge is -2.26. The monoisotopic (exact) mass is 234 g/mol. The van der Waals surface area contributed by atoms with Gasteiger partial charge in [-0.3, -0.25) is 4.79 Å². The minimum absolute atomic E-state index is 0.0120. The predicted octanol–water partition coefficient (Wildman–Crippen LogP) is 0.862. The number of nitrogens with zero attached hydrogens (tertiary/aromatic N) is 1. The quantitative estimate of drug-likeness (QED) is 0.815. The summed E-state index contributed by atoms with van der Waals surface area (Å²) >= 11 is 0. The van der Waals surface area contributed by atoms with Crippen LogP contribution in [0, 0.1) is 0 Å². The van der Waals surface area contributed by atoms with E-state index in [1.165, 1.54) is 5.56 Å². The fourth-order valence-corrected chi connectivity index (χ4v) is 2.03. The van der Waals surface area contributed by atoms with Crippen LogP contribution < -0.4 is 5.32 Å². The van der Waals surface area contributed by atoms with E-state index in [9.17, 15) is 4.79 Å². The van der Waals surface area contributed by atoms with Gasteiger partial charge in [-0.2, -0.15) is 0 Å². The molecular formula is C13H18N2O2. The maximum atomic E-state index is 12.2. The van der Waals surface area contributed by atoms with Crippen LogP contribution in [0.25, 0.3) is 0 Å². The van der Waals surface area contributed by atoms with E-state index in [-0.39, 0.29) is 24.6 Å². The Balaban J connectivity index is 2.05. The average molecular weight is 234 g/mol. The van der Waals surface area contributed by atoms with Gasteiger partial charge in [-0.25, -0.2) is 0 Å². The number of benzene rings is 1. The van der Waals surface area contributed by atoms with Crippen LogP contribution in [0.2, 0.25) is 0 Å². The largest absolute Gasteiger partial charge is 0.394 e. The average Bonchev–Trinajstić information content (AvgIpc) is 2.79. The lowest BCUT2D eigenvalue weighted by atomic mass is 10.1. The number of carbonyl (C=O) groups is 1. The summed E-state index contributed by atoms with van der Waals surface area (Å²) in [6, 6.07) is 7.61. The molecule has 2 rings (SSSR count). The van der Waals surface area contributed by atoms with Gasteiger partial charge in [-0.15, -0.1) is 0 Å². The van der Waals surface area contributed by atoms with Gasteiger partial charge in [0.25, 0.3) is 0 Å². The summed E-state index contributed by atoms with van der Waals surface area (Å²) in [4.78, 5) is 13.8. The number of para-hydroxylation sites is 1. The Kier molecular flexibility index (Phi) is 3.33. The molecule has 2 N–H and O–H groups in total. The van der Waals surface area contributed by atoms with Crippen LogP contribution in [-0.2, 0) is 11.2 Å². The molecule has 1 amide bonds. The van der Waals surface area contributed by atoms with E-state index in [1.54, 1.807) is 11.9 Å². The zero-order valence-corrected chi connectivity index (χ0v) is 10.2. The number of amides is 1. The molecule has 2 atom stereocenters. The second kappa shape index (κ2) is 4.75. The number of hydrogen-bond donors (Lipinski definition) is 2. The van der Waals surface area contributed by atoms with Crippen LogP contribution in [0.4, 0.5) is 5.69 Å². The van der Waals surface area contributed by atoms with E-state index in [4.69, 9.17) is 5.11 Å². The third-order valence-electron chi connectivity index (χ3n) is 3.34. The van der Waals surface area contributed by atoms with Crippen LogP contribution in [0.5, 0.6) is 0 Å². The molecule has 1 aliphatic heterocycles. The Labute approximate surface area is 101 Å². The summed E-state index contributed by atoms with van der Waals surface area (Å²) in [5.41, 5.74) is 2.21. The number of aliphatic hydroxyl groups excluding tert-OH is 1. The molecule has 0 aromatic heterocycles. The van der Waals surface area contributed by atoms with E-state index in [1.807, 2.05) is 31.2 Å². The van der Waals surface area contributed by atoms with Crippen molar-refractivity contribution in [3.63, 3.8) is 0 Å². The lowest BCUT2D eigenvalue weighted by Crippen LogP contribution is -2.45. The Morgan fingerprint density at radius 1 is 1.59 bits per heavy atom. The first kappa shape index (κ1) is 11.9. The van der Waals surface area contributed by atoms with E-state index >= 15 is 0 Å². The second-order valence-electron chi connectivity index (χ2n) is 4.54. The molecule has 0 radical (unpaired) electrons. The van der Waals surface area contributed by atoms with Crippen molar-refractivity contribution >= 4 is 11.6 Å². The van der Waals surface area contributed by atoms with E-state index in [0.29, 0.717) is 0 Å². The van der Waals surface area contributed by atoms with E-state index in [2.05, 4.69) is 5.32 Å². The van der Waals surface area contributed by atoms with Crippen molar-refractivity contribution in [3.05, 3.63) is 29.8 Å². The number of aliphatic hydroxyl groups is 1. The smallest absolute Gasteiger partial charge is 0.245 e. The molecule has 0 aliphatic carbocycles. The van der Waals surface area contributed by atoms with E-state index < -0.39 is 0 Å². The molecule has 0 saturated carbocycles. The highest BCUT2D eigenvalue weighted by atomic mass is 16.3. The predicted molar refractivity (Wildman–Crippen MR) is 66.9 cm³/mol. The minimum atomic E-state index is -0.202. The standard InChI is InChI=1S/C13H18N2O2/c1-9(8-16)15(2)13(17)12-7-10-5-3-4-6-11(10)14-12/h3-6,9,12,14,16H,7-8H2,1-2H3/t9?,12-/m0/s1. The van der Waals surface area contributed by atoms with Crippen LogP contribution in [0.3, 0.4) is 0 Å². The first-order chi connectivity index (χ1) is 8.13. The molecule has 0 saturated heterocycles. The van der Waals surface area contributed by atoms with Crippen molar-refractivity contribution in [2.75, 3.05) is 19.0 Å². The zero-order valence-electron chi connectivity index (χ0n) is 10.2. The molecule has 1 aromatic rings. The summed E-state index contributed by atoms with van der Waals surface area (Å²) in [5, 5.41) is 12.3. The maximum absolute atomic E-state index is 12.2. The van der Waals surface area contributed by atoms with Crippen molar-refractivity contribution < 1.29 is 9.90 Å². The fourth-order valence-electron chi connectivity index (χ4n) is 2.03. The molecule has 4 nitrogen and oxygen atoms in total. The maximum Gasteiger partial charge on any atom is 0.245 e. The number of fused-ring (bicyclic) bond motifs is 1. The normalized spacial score (nSPS) is 19.4. The molecule has 1 heterocycles. The molecule has 1 unspecified atom stereocenters. The molecular weight excluding hydrogens is 216 g/mol. The van der Waals surface area contributed by atoms with Gasteiger partial charge in [0.05, 0.1) is 12.6 Å². The molecule has 0 spiro atoms. The minimum Gasteiger partial charge on any atom is -0.394 e. The molecule has 4 heteroatoms. The Morgan fingerprint density at radius 2 is 2.29 bits per heavy atom. The molecule has 92 valence electrons. The summed E-state index contributed by atoms with van der Waals surface area (Å²) in [5.74, 6) is 0.0303. The first-order valence-corrected chi connectivity index (χ1v) is 5.85. The molecule has 0 bridgehead atoms. The van der Waals surface area contributed by atoms with Gasteiger partial charge in [-0.05, 0) is 18.6 Å². The van der Waals surface area contributed by atoms with Gasteiger partial charge in [0.15, 0.2) is 0 Å². The molecule has 17 heavy (non-hydrogen) atoms. The van der Waals surface area contributed by atoms with Gasteiger partial charge in [0.1, 0.15) is 6.04 Å². The van der Waals surface area contributed by atoms with E-state index in [0.717, 1.165) is 12.1 Å². The fraction of sp³-hybridized carbons (Fsp3) is 0.462. The van der Waals surface area contributed by atoms with Crippen molar-refractivity contribution in [2.45, 2.75) is 25.4 Å². The van der Waals surface area contributed by atoms with Gasteiger partial charge >= 0.3 is 0 Å². The van der Waals surface area contributed by atoms with Crippen LogP contribution in [0.15, 0.2) is 24.3 Å². The van der Waals surface area contributed by atoms with Gasteiger partial charge in [0, 0.05) is 19.2 Å². The van der Waals surface area contributed by atoms with Crippen LogP contribution >= 0.6 is 0 Å². The Morgan fingerprint density at radius 3 is 2.94 bits per heavy atom. The highest BCUT2D eigenvalue weighted by Gasteiger charge is 2.29. The van der Waals surface area contributed by atoms with Crippen molar-refractivity contribution in [1.82, 2.24) is 4.90 Å². The number of nitrogens with one attached hydrogen (secondary N) is 1. The zero-order chi connectivity index (χ0) is 12.4. The summed E-state index contributed by atoms with van der Waals surface area (Å²) < 4.78 is 0. The molecule has 0 fully saturated rings. The first-order valence-electron chi connectivity index (χ1n) is 5.85. The highest BCUT2D eigenvalue weighted by Crippen LogP contribution is 2.26. The highest BCUT2D eigenvalue weighted by molar-refractivity contribution is 5.87. The second-order valence-corrected chi connectivity index (χ2v) is 4.54. The number of carbonyl (C=O) groups excluding carboxylic acids is 1. The topological polar surface area (TPSA) is 52.6 Å². The summed E-state index contributed by atoms with van der Waals surface area (Å²) in [6.45, 7) is 1.82. The van der Waals surface area contributed by atoms with Crippen molar-refractivity contribution in [2.24, 2.45) is 0 Å². The SMILES string of the molecule is CC(CO)N(C)C(=O)[C@@H]1Cc2ccccc2N1. The summed E-state index contributed by atoms with van der Waals surface area (Å²) in [7, 11) is 1.73. The Hall–Kier alpha value is -1.55. The van der Waals surface area contributed by atoms with Gasteiger partial charge in [0.2, 0.25) is 5.91 Å².